The standard InChI is InChI=1S/C55H65N3O16/c1-31-37(70-51(66)45(72-41(62)29-58(9)10)43(34-20-14-11-15-21-34)56-49(64)35-22-16-12-17-23-35)27-55(67)48(73-50(65)36-24-18-13-19-25-36)46-53(6,47(63)44(69-32(2)59)42(31)52(55,4)5)38(71-40(61)28-57(7)8)26-39-54(46,30-68-39)74-33(3)60/h11-25,37-39,43-46,48,67H,26-30H2,1-10H3,(H,56,64)/t37-,38-,39+,43-,44+,45+,46?,48-,53+,54-,55+/m0/s1. The van der Waals surface area contributed by atoms with Crippen molar-refractivity contribution in [1.82, 2.24) is 15.1 Å². The number of nitrogens with zero attached hydrogens (tertiary/aromatic N) is 2. The van der Waals surface area contributed by atoms with Crippen molar-refractivity contribution in [3.8, 4) is 0 Å². The third-order valence-electron chi connectivity index (χ3n) is 14.8. The van der Waals surface area contributed by atoms with E-state index >= 15 is 9.59 Å². The van der Waals surface area contributed by atoms with Crippen LogP contribution in [0.25, 0.3) is 0 Å². The molecule has 19 heteroatoms. The number of carbonyl (C=O) groups is 8. The van der Waals surface area contributed by atoms with Gasteiger partial charge in [-0.15, -0.1) is 0 Å². The maximum absolute atomic E-state index is 16.2. The van der Waals surface area contributed by atoms with E-state index in [1.54, 1.807) is 126 Å². The van der Waals surface area contributed by atoms with Gasteiger partial charge in [-0.3, -0.25) is 38.6 Å². The maximum Gasteiger partial charge on any atom is 0.350 e. The van der Waals surface area contributed by atoms with Crippen LogP contribution in [-0.2, 0) is 61.9 Å². The molecule has 0 aromatic heterocycles. The van der Waals surface area contributed by atoms with Gasteiger partial charge < -0.3 is 43.6 Å². The number of aliphatic hydroxyl groups is 1. The lowest BCUT2D eigenvalue weighted by atomic mass is 9.44. The van der Waals surface area contributed by atoms with Crippen molar-refractivity contribution in [3.05, 3.63) is 119 Å². The summed E-state index contributed by atoms with van der Waals surface area (Å²) in [7, 11) is 6.51. The van der Waals surface area contributed by atoms with Gasteiger partial charge in [0.05, 0.1) is 36.6 Å². The Bertz CT molecular complexity index is 2680. The highest BCUT2D eigenvalue weighted by Gasteiger charge is 2.79. The average molecular weight is 1020 g/mol. The molecule has 3 fully saturated rings. The van der Waals surface area contributed by atoms with Crippen molar-refractivity contribution < 1.29 is 76.6 Å². The first kappa shape index (κ1) is 55.0. The summed E-state index contributed by atoms with van der Waals surface area (Å²) in [6, 6.07) is 22.9. The average Bonchev–Trinajstić information content (AvgIpc) is 3.33. The largest absolute Gasteiger partial charge is 0.460 e. The van der Waals surface area contributed by atoms with Gasteiger partial charge in [0.1, 0.15) is 36.1 Å². The number of amides is 1. The van der Waals surface area contributed by atoms with Crippen molar-refractivity contribution in [2.24, 2.45) is 16.7 Å². The second kappa shape index (κ2) is 21.6. The number of hydrogen-bond acceptors (Lipinski definition) is 18. The normalized spacial score (nSPS) is 28.6. The molecule has 2 saturated carbocycles. The smallest absolute Gasteiger partial charge is 0.350 e. The van der Waals surface area contributed by atoms with E-state index in [-0.39, 0.29) is 48.4 Å². The molecule has 74 heavy (non-hydrogen) atoms. The Morgan fingerprint density at radius 3 is 1.86 bits per heavy atom. The van der Waals surface area contributed by atoms with E-state index in [0.717, 1.165) is 13.8 Å². The van der Waals surface area contributed by atoms with Gasteiger partial charge in [0.15, 0.2) is 17.5 Å². The number of rotatable bonds is 16. The molecule has 2 bridgehead atoms. The number of carbonyl (C=O) groups excluding carboxylic acids is 8. The molecule has 0 radical (unpaired) electrons. The number of ether oxygens (including phenoxy) is 7. The summed E-state index contributed by atoms with van der Waals surface area (Å²) < 4.78 is 43.5. The van der Waals surface area contributed by atoms with Crippen LogP contribution in [0.15, 0.2) is 102 Å². The summed E-state index contributed by atoms with van der Waals surface area (Å²) in [5, 5.41) is 17.0. The van der Waals surface area contributed by atoms with Gasteiger partial charge in [-0.1, -0.05) is 80.6 Å². The van der Waals surface area contributed by atoms with E-state index in [2.05, 4.69) is 5.32 Å². The molecule has 19 nitrogen and oxygen atoms in total. The lowest BCUT2D eigenvalue weighted by Crippen LogP contribution is -2.82. The minimum atomic E-state index is -2.50. The van der Waals surface area contributed by atoms with E-state index < -0.39 is 125 Å². The van der Waals surface area contributed by atoms with E-state index in [1.807, 2.05) is 0 Å². The Balaban J connectivity index is 1.46. The van der Waals surface area contributed by atoms with Crippen LogP contribution in [0.2, 0.25) is 0 Å². The fraction of sp³-hybridized carbons (Fsp3) is 0.491. The van der Waals surface area contributed by atoms with Crippen molar-refractivity contribution in [1.29, 1.82) is 0 Å². The van der Waals surface area contributed by atoms with Gasteiger partial charge in [0.2, 0.25) is 6.10 Å². The van der Waals surface area contributed by atoms with Crippen LogP contribution in [-0.4, -0.2) is 158 Å². The van der Waals surface area contributed by atoms with E-state index in [1.165, 1.54) is 30.9 Å². The molecule has 3 aliphatic carbocycles. The summed E-state index contributed by atoms with van der Waals surface area (Å²) >= 11 is 0. The zero-order chi connectivity index (χ0) is 54.1. The van der Waals surface area contributed by atoms with Crippen LogP contribution in [0.3, 0.4) is 0 Å². The molecule has 1 unspecified atom stereocenters. The first-order valence-electron chi connectivity index (χ1n) is 24.4. The Kier molecular flexibility index (Phi) is 16.0. The molecular weight excluding hydrogens is 959 g/mol. The minimum absolute atomic E-state index is 0.0344. The maximum atomic E-state index is 16.2. The van der Waals surface area contributed by atoms with E-state index in [0.29, 0.717) is 5.56 Å². The second-order valence-corrected chi connectivity index (χ2v) is 20.8. The lowest BCUT2D eigenvalue weighted by molar-refractivity contribution is -0.346. The third kappa shape index (κ3) is 10.5. The highest BCUT2D eigenvalue weighted by molar-refractivity contribution is 5.97. The van der Waals surface area contributed by atoms with Crippen LogP contribution in [0, 0.1) is 16.7 Å². The Hall–Kier alpha value is -6.80. The summed E-state index contributed by atoms with van der Waals surface area (Å²) in [5.41, 5.74) is -7.56. The van der Waals surface area contributed by atoms with E-state index in [4.69, 9.17) is 33.2 Å². The summed E-state index contributed by atoms with van der Waals surface area (Å²) in [6.07, 6.45) is -10.7. The monoisotopic (exact) mass is 1020 g/mol. The van der Waals surface area contributed by atoms with Gasteiger partial charge >= 0.3 is 35.8 Å². The fourth-order valence-corrected chi connectivity index (χ4v) is 11.3. The number of hydrogen-bond donors (Lipinski definition) is 2. The predicted octanol–water partition coefficient (Wildman–Crippen LogP) is 3.96. The molecule has 1 aliphatic heterocycles. The molecule has 0 spiro atoms. The number of likely N-dealkylation sites (N-methyl/N-ethyl adjacent to an activating group) is 2. The van der Waals surface area contributed by atoms with Crippen LogP contribution >= 0.6 is 0 Å². The highest BCUT2D eigenvalue weighted by atomic mass is 16.6. The lowest BCUT2D eigenvalue weighted by Gasteiger charge is -2.67. The molecule has 3 aromatic rings. The Morgan fingerprint density at radius 1 is 0.757 bits per heavy atom. The van der Waals surface area contributed by atoms with E-state index in [9.17, 15) is 33.9 Å². The number of nitrogens with one attached hydrogen (secondary N) is 1. The SMILES string of the molecule is CC(=O)O[C@H]1C(=O)[C@@]2(C)C([C@H](OC(=O)c3ccccc3)[C@]3(O)C[C@H](OC(=O)[C@H](OC(=O)CN(C)C)[C@@H](NC(=O)c4ccccc4)c4ccccc4)C(C)=C1C3(C)C)[C@]1(OC(C)=O)CO[C@@H]1C[C@@H]2OC(=O)CN(C)C. The third-order valence-corrected chi connectivity index (χ3v) is 14.8. The first-order chi connectivity index (χ1) is 34.8. The van der Waals surface area contributed by atoms with Crippen molar-refractivity contribution >= 4 is 47.5 Å². The van der Waals surface area contributed by atoms with Crippen molar-refractivity contribution in [2.75, 3.05) is 47.9 Å². The van der Waals surface area contributed by atoms with Gasteiger partial charge in [-0.2, -0.15) is 0 Å². The molecule has 11 atom stereocenters. The second-order valence-electron chi connectivity index (χ2n) is 20.8. The molecule has 3 aromatic carbocycles. The Morgan fingerprint density at radius 2 is 1.32 bits per heavy atom. The molecule has 2 N–H and O–H groups in total. The molecule has 1 amide bonds. The van der Waals surface area contributed by atoms with Gasteiger partial charge in [-0.05, 0) is 83.0 Å². The molecule has 1 heterocycles. The van der Waals surface area contributed by atoms with Crippen molar-refractivity contribution in [2.45, 2.75) is 108 Å². The van der Waals surface area contributed by atoms with Gasteiger partial charge in [0, 0.05) is 37.7 Å². The number of esters is 6. The highest BCUT2D eigenvalue weighted by Crippen LogP contribution is 2.65. The van der Waals surface area contributed by atoms with Gasteiger partial charge in [0.25, 0.3) is 5.91 Å². The minimum Gasteiger partial charge on any atom is -0.460 e. The predicted molar refractivity (Wildman–Crippen MR) is 263 cm³/mol. The summed E-state index contributed by atoms with van der Waals surface area (Å²) in [6.45, 7) is 7.42. The zero-order valence-corrected chi connectivity index (χ0v) is 43.3. The van der Waals surface area contributed by atoms with Crippen LogP contribution < -0.4 is 5.32 Å². The molecular formula is C55H65N3O16. The summed E-state index contributed by atoms with van der Waals surface area (Å²) in [5.74, 6) is -8.68. The van der Waals surface area contributed by atoms with Gasteiger partial charge in [-0.25, -0.2) is 9.59 Å². The fourth-order valence-electron chi connectivity index (χ4n) is 11.3. The van der Waals surface area contributed by atoms with Crippen molar-refractivity contribution in [3.63, 3.8) is 0 Å². The van der Waals surface area contributed by atoms with Crippen LogP contribution in [0.5, 0.6) is 0 Å². The number of fused-ring (bicyclic) bond motifs is 5. The number of benzene rings is 3. The first-order valence-corrected chi connectivity index (χ1v) is 24.4. The van der Waals surface area contributed by atoms with Crippen LogP contribution in [0.1, 0.15) is 86.7 Å². The molecule has 396 valence electrons. The summed E-state index contributed by atoms with van der Waals surface area (Å²) in [4.78, 5) is 117. The molecule has 7 rings (SSSR count). The van der Waals surface area contributed by atoms with Crippen LogP contribution in [0.4, 0.5) is 0 Å². The quantitative estimate of drug-likeness (QED) is 0.117. The molecule has 1 saturated heterocycles. The number of Topliss-reactive ketones (excluding diaryl/α,β-unsaturated/α-hetero) is 1. The topological polar surface area (TPSA) is 240 Å². The molecule has 4 aliphatic rings. The Labute approximate surface area is 429 Å². The zero-order valence-electron chi connectivity index (χ0n) is 43.3. The number of ketones is 1.